The molecule has 1 aromatic rings. The molecular formula is C13H20N4O2S. The van der Waals surface area contributed by atoms with Gasteiger partial charge in [0.2, 0.25) is 0 Å². The topological polar surface area (TPSA) is 71.7 Å². The molecule has 0 aliphatic carbocycles. The van der Waals surface area contributed by atoms with Crippen LogP contribution in [0.25, 0.3) is 0 Å². The number of carbonyl (C=O) groups excluding carboxylic acids is 1. The predicted molar refractivity (Wildman–Crippen MR) is 79.3 cm³/mol. The highest BCUT2D eigenvalue weighted by Gasteiger charge is 2.37. The summed E-state index contributed by atoms with van der Waals surface area (Å²) in [6.07, 6.45) is 2.49. The summed E-state index contributed by atoms with van der Waals surface area (Å²) in [5, 5.41) is 0.855. The Morgan fingerprint density at radius 1 is 1.50 bits per heavy atom. The second-order valence-electron chi connectivity index (χ2n) is 5.53. The van der Waals surface area contributed by atoms with E-state index in [2.05, 4.69) is 21.1 Å². The Morgan fingerprint density at radius 3 is 3.05 bits per heavy atom. The summed E-state index contributed by atoms with van der Waals surface area (Å²) in [6, 6.07) is 0.938. The fourth-order valence-electron chi connectivity index (χ4n) is 3.25. The van der Waals surface area contributed by atoms with E-state index in [4.69, 9.17) is 10.5 Å². The van der Waals surface area contributed by atoms with E-state index in [1.807, 2.05) is 0 Å². The number of anilines is 2. The molecule has 2 aliphatic rings. The number of nitrogens with two attached hydrogens (primary N) is 1. The molecule has 0 saturated carbocycles. The molecule has 0 spiro atoms. The highest BCUT2D eigenvalue weighted by Crippen LogP contribution is 2.36. The number of rotatable bonds is 2. The predicted octanol–water partition coefficient (Wildman–Crippen LogP) is 1.18. The van der Waals surface area contributed by atoms with E-state index in [1.54, 1.807) is 0 Å². The molecule has 2 fully saturated rings. The number of hydrogen-bond acceptors (Lipinski definition) is 7. The first-order valence-corrected chi connectivity index (χ1v) is 7.73. The number of nitrogens with zero attached hydrogens (tertiary/aromatic N) is 3. The molecule has 2 aliphatic heterocycles. The highest BCUT2D eigenvalue weighted by molar-refractivity contribution is 7.11. The largest absolute Gasteiger partial charge is 0.465 e. The van der Waals surface area contributed by atoms with E-state index in [9.17, 15) is 4.79 Å². The van der Waals surface area contributed by atoms with E-state index in [1.165, 1.54) is 38.0 Å². The number of aromatic nitrogens is 1. The molecule has 0 aromatic carbocycles. The van der Waals surface area contributed by atoms with Gasteiger partial charge >= 0.3 is 5.97 Å². The third-order valence-corrected chi connectivity index (χ3v) is 5.19. The standard InChI is InChI=1S/C13H20N4O2S/c1-8-6-16-5-3-4-9(16)7-17(8)12-10(13(18)19-2)11(14)15-20-12/h8-9H,3-7H2,1-2H3,(H2,14,15). The van der Waals surface area contributed by atoms with Crippen molar-refractivity contribution in [1.82, 2.24) is 9.27 Å². The van der Waals surface area contributed by atoms with Crippen LogP contribution in [0.15, 0.2) is 0 Å². The van der Waals surface area contributed by atoms with E-state index in [-0.39, 0.29) is 5.82 Å². The average Bonchev–Trinajstić information content (AvgIpc) is 3.02. The monoisotopic (exact) mass is 296 g/mol. The van der Waals surface area contributed by atoms with Gasteiger partial charge in [0.05, 0.1) is 7.11 Å². The van der Waals surface area contributed by atoms with Crippen molar-refractivity contribution in [3.63, 3.8) is 0 Å². The van der Waals surface area contributed by atoms with Crippen LogP contribution in [-0.2, 0) is 4.74 Å². The number of hydrogen-bond donors (Lipinski definition) is 1. The number of esters is 1. The van der Waals surface area contributed by atoms with Crippen LogP contribution in [0.5, 0.6) is 0 Å². The van der Waals surface area contributed by atoms with Gasteiger partial charge in [-0.05, 0) is 37.8 Å². The van der Waals surface area contributed by atoms with Crippen LogP contribution >= 0.6 is 11.5 Å². The van der Waals surface area contributed by atoms with Gasteiger partial charge in [-0.25, -0.2) is 4.79 Å². The van der Waals surface area contributed by atoms with Crippen LogP contribution in [-0.4, -0.2) is 54.1 Å². The molecule has 3 rings (SSSR count). The maximum Gasteiger partial charge on any atom is 0.344 e. The molecule has 20 heavy (non-hydrogen) atoms. The summed E-state index contributed by atoms with van der Waals surface area (Å²) in [5.41, 5.74) is 6.26. The van der Waals surface area contributed by atoms with Crippen LogP contribution < -0.4 is 10.6 Å². The molecule has 7 heteroatoms. The molecule has 0 amide bonds. The number of carbonyl (C=O) groups is 1. The van der Waals surface area contributed by atoms with Gasteiger partial charge in [-0.15, -0.1) is 0 Å². The van der Waals surface area contributed by atoms with Crippen molar-refractivity contribution in [2.75, 3.05) is 37.4 Å². The summed E-state index contributed by atoms with van der Waals surface area (Å²) in [5.74, 6) is -0.120. The lowest BCUT2D eigenvalue weighted by molar-refractivity contribution is 0.0602. The second kappa shape index (κ2) is 5.21. The van der Waals surface area contributed by atoms with Gasteiger partial charge in [-0.1, -0.05) is 0 Å². The third kappa shape index (κ3) is 2.14. The Bertz CT molecular complexity index is 518. The van der Waals surface area contributed by atoms with Crippen molar-refractivity contribution in [3.05, 3.63) is 5.56 Å². The van der Waals surface area contributed by atoms with Crippen molar-refractivity contribution in [2.45, 2.75) is 31.8 Å². The SMILES string of the molecule is COC(=O)c1c(N)nsc1N1CC2CCCN2CC1C. The number of ether oxygens (including phenoxy) is 1. The quantitative estimate of drug-likeness (QED) is 0.827. The molecule has 2 atom stereocenters. The Morgan fingerprint density at radius 2 is 2.30 bits per heavy atom. The second-order valence-corrected chi connectivity index (χ2v) is 6.28. The van der Waals surface area contributed by atoms with E-state index < -0.39 is 5.97 Å². The van der Waals surface area contributed by atoms with Crippen molar-refractivity contribution in [2.24, 2.45) is 0 Å². The van der Waals surface area contributed by atoms with Crippen LogP contribution in [0.1, 0.15) is 30.1 Å². The Kier molecular flexibility index (Phi) is 3.55. The van der Waals surface area contributed by atoms with Gasteiger partial charge in [0.25, 0.3) is 0 Å². The maximum absolute atomic E-state index is 11.9. The van der Waals surface area contributed by atoms with Crippen molar-refractivity contribution in [3.8, 4) is 0 Å². The smallest absolute Gasteiger partial charge is 0.344 e. The van der Waals surface area contributed by atoms with Gasteiger partial charge in [0.15, 0.2) is 5.82 Å². The highest BCUT2D eigenvalue weighted by atomic mass is 32.1. The number of methoxy groups -OCH3 is 1. The summed E-state index contributed by atoms with van der Waals surface area (Å²) in [4.78, 5) is 16.7. The number of piperazine rings is 1. The minimum Gasteiger partial charge on any atom is -0.465 e. The summed E-state index contributed by atoms with van der Waals surface area (Å²) >= 11 is 1.30. The van der Waals surface area contributed by atoms with Crippen LogP contribution in [0.2, 0.25) is 0 Å². The Labute approximate surface area is 122 Å². The lowest BCUT2D eigenvalue weighted by atomic mass is 10.1. The van der Waals surface area contributed by atoms with Crippen LogP contribution in [0.3, 0.4) is 0 Å². The first-order valence-electron chi connectivity index (χ1n) is 6.96. The van der Waals surface area contributed by atoms with Crippen LogP contribution in [0, 0.1) is 0 Å². The minimum absolute atomic E-state index is 0.276. The lowest BCUT2D eigenvalue weighted by Gasteiger charge is -2.43. The lowest BCUT2D eigenvalue weighted by Crippen LogP contribution is -2.55. The Balaban J connectivity index is 1.90. The molecule has 6 nitrogen and oxygen atoms in total. The number of nitrogen functional groups attached to an aromatic ring is 1. The third-order valence-electron chi connectivity index (χ3n) is 4.29. The van der Waals surface area contributed by atoms with E-state index in [0.29, 0.717) is 17.6 Å². The number of fused-ring (bicyclic) bond motifs is 1. The molecule has 3 heterocycles. The zero-order valence-electron chi connectivity index (χ0n) is 11.8. The van der Waals surface area contributed by atoms with E-state index in [0.717, 1.165) is 18.1 Å². The molecule has 0 radical (unpaired) electrons. The van der Waals surface area contributed by atoms with Crippen molar-refractivity contribution < 1.29 is 9.53 Å². The molecule has 2 saturated heterocycles. The van der Waals surface area contributed by atoms with Gasteiger partial charge in [-0.2, -0.15) is 4.37 Å². The average molecular weight is 296 g/mol. The summed E-state index contributed by atoms with van der Waals surface area (Å²) in [6.45, 7) is 5.35. The van der Waals surface area contributed by atoms with Gasteiger partial charge in [-0.3, -0.25) is 4.90 Å². The van der Waals surface area contributed by atoms with Crippen molar-refractivity contribution in [1.29, 1.82) is 0 Å². The van der Waals surface area contributed by atoms with Crippen LogP contribution in [0.4, 0.5) is 10.8 Å². The summed E-state index contributed by atoms with van der Waals surface area (Å²) in [7, 11) is 1.38. The minimum atomic E-state index is -0.396. The molecule has 2 unspecified atom stereocenters. The fourth-order valence-corrected chi connectivity index (χ4v) is 4.17. The zero-order chi connectivity index (χ0) is 14.3. The Hall–Kier alpha value is -1.34. The zero-order valence-corrected chi connectivity index (χ0v) is 12.7. The van der Waals surface area contributed by atoms with Crippen molar-refractivity contribution >= 4 is 28.3 Å². The van der Waals surface area contributed by atoms with Gasteiger partial charge < -0.3 is 15.4 Å². The summed E-state index contributed by atoms with van der Waals surface area (Å²) < 4.78 is 8.98. The first kappa shape index (κ1) is 13.6. The molecule has 1 aromatic heterocycles. The maximum atomic E-state index is 11.9. The molecule has 110 valence electrons. The van der Waals surface area contributed by atoms with Gasteiger partial charge in [0.1, 0.15) is 10.6 Å². The molecule has 0 bridgehead atoms. The van der Waals surface area contributed by atoms with Gasteiger partial charge in [0, 0.05) is 25.2 Å². The molecule has 2 N–H and O–H groups in total. The van der Waals surface area contributed by atoms with E-state index >= 15 is 0 Å². The fraction of sp³-hybridized carbons (Fsp3) is 0.692. The first-order chi connectivity index (χ1) is 9.61. The molecular weight excluding hydrogens is 276 g/mol. The normalized spacial score (nSPS) is 26.6.